The number of guanidine groups is 1. The van der Waals surface area contributed by atoms with Crippen LogP contribution in [0.1, 0.15) is 27.8 Å². The van der Waals surface area contributed by atoms with E-state index >= 15 is 0 Å². The van der Waals surface area contributed by atoms with Gasteiger partial charge in [-0.15, -0.1) is 0 Å². The SMILES string of the molecule is NC(N)=NC(=O)c1nc(C(O)c2ccccc2)c(N)nc1N. The molecule has 0 aliphatic carbocycles. The third-order valence-corrected chi connectivity index (χ3v) is 2.79. The number of nitrogens with zero attached hydrogens (tertiary/aromatic N) is 3. The molecule has 2 rings (SSSR count). The van der Waals surface area contributed by atoms with Crippen LogP contribution in [-0.4, -0.2) is 26.9 Å². The number of carbonyl (C=O) groups excluding carboxylic acids is 1. The van der Waals surface area contributed by atoms with Crippen molar-refractivity contribution in [2.75, 3.05) is 11.5 Å². The lowest BCUT2D eigenvalue weighted by atomic mass is 10.1. The predicted molar refractivity (Wildman–Crippen MR) is 81.5 cm³/mol. The summed E-state index contributed by atoms with van der Waals surface area (Å²) in [5.41, 5.74) is 21.9. The Kier molecular flexibility index (Phi) is 4.18. The van der Waals surface area contributed by atoms with Crippen LogP contribution in [0.5, 0.6) is 0 Å². The minimum atomic E-state index is -1.17. The van der Waals surface area contributed by atoms with Gasteiger partial charge in [0.1, 0.15) is 11.8 Å². The number of aromatic nitrogens is 2. The molecule has 9 heteroatoms. The number of anilines is 2. The number of nitrogen functional groups attached to an aromatic ring is 2. The molecule has 1 atom stereocenters. The van der Waals surface area contributed by atoms with E-state index in [4.69, 9.17) is 22.9 Å². The number of carbonyl (C=O) groups is 1. The predicted octanol–water partition coefficient (Wildman–Crippen LogP) is -0.864. The highest BCUT2D eigenvalue weighted by Crippen LogP contribution is 2.25. The van der Waals surface area contributed by atoms with Crippen molar-refractivity contribution in [1.82, 2.24) is 9.97 Å². The van der Waals surface area contributed by atoms with Crippen molar-refractivity contribution in [3.8, 4) is 0 Å². The molecule has 0 saturated heterocycles. The summed E-state index contributed by atoms with van der Waals surface area (Å²) < 4.78 is 0. The lowest BCUT2D eigenvalue weighted by molar-refractivity contribution is 0.0998. The van der Waals surface area contributed by atoms with Crippen molar-refractivity contribution in [2.45, 2.75) is 6.10 Å². The molecule has 0 aliphatic rings. The molecular weight excluding hydrogens is 286 g/mol. The van der Waals surface area contributed by atoms with E-state index in [9.17, 15) is 9.90 Å². The summed E-state index contributed by atoms with van der Waals surface area (Å²) in [7, 11) is 0. The summed E-state index contributed by atoms with van der Waals surface area (Å²) in [6.45, 7) is 0. The van der Waals surface area contributed by atoms with Crippen LogP contribution in [0.2, 0.25) is 0 Å². The van der Waals surface area contributed by atoms with Crippen LogP contribution >= 0.6 is 0 Å². The molecule has 1 heterocycles. The zero-order valence-electron chi connectivity index (χ0n) is 11.5. The second kappa shape index (κ2) is 6.06. The van der Waals surface area contributed by atoms with E-state index in [2.05, 4.69) is 15.0 Å². The summed E-state index contributed by atoms with van der Waals surface area (Å²) in [5, 5.41) is 10.3. The summed E-state index contributed by atoms with van der Waals surface area (Å²) >= 11 is 0. The highest BCUT2D eigenvalue weighted by atomic mass is 16.3. The Balaban J connectivity index is 2.49. The van der Waals surface area contributed by atoms with Crippen LogP contribution in [0.25, 0.3) is 0 Å². The largest absolute Gasteiger partial charge is 0.382 e. The van der Waals surface area contributed by atoms with Crippen LogP contribution in [0, 0.1) is 0 Å². The first-order valence-electron chi connectivity index (χ1n) is 6.20. The number of aliphatic hydroxyl groups excluding tert-OH is 1. The molecule has 1 unspecified atom stereocenters. The number of aliphatic hydroxyl groups is 1. The number of rotatable bonds is 3. The molecule has 22 heavy (non-hydrogen) atoms. The molecule has 2 aromatic rings. The van der Waals surface area contributed by atoms with Gasteiger partial charge in [-0.25, -0.2) is 9.97 Å². The summed E-state index contributed by atoms with van der Waals surface area (Å²) in [5.74, 6) is -1.62. The topological polar surface area (TPSA) is 180 Å². The molecule has 9 nitrogen and oxygen atoms in total. The minimum absolute atomic E-state index is 0.00505. The molecule has 0 saturated carbocycles. The van der Waals surface area contributed by atoms with E-state index in [1.807, 2.05) is 0 Å². The van der Waals surface area contributed by atoms with E-state index in [0.29, 0.717) is 5.56 Å². The maximum Gasteiger partial charge on any atom is 0.302 e. The Morgan fingerprint density at radius 3 is 2.32 bits per heavy atom. The van der Waals surface area contributed by atoms with Crippen molar-refractivity contribution in [2.24, 2.45) is 16.5 Å². The lowest BCUT2D eigenvalue weighted by Gasteiger charge is -2.13. The van der Waals surface area contributed by atoms with E-state index in [-0.39, 0.29) is 23.0 Å². The lowest BCUT2D eigenvalue weighted by Crippen LogP contribution is -2.25. The molecule has 0 aliphatic heterocycles. The zero-order chi connectivity index (χ0) is 16.3. The molecule has 0 fully saturated rings. The second-order valence-electron chi connectivity index (χ2n) is 4.38. The van der Waals surface area contributed by atoms with Gasteiger partial charge in [0.2, 0.25) is 0 Å². The fraction of sp³-hybridized carbons (Fsp3) is 0.0769. The van der Waals surface area contributed by atoms with Gasteiger partial charge in [0.05, 0.1) is 0 Å². The Hall–Kier alpha value is -3.20. The van der Waals surface area contributed by atoms with Gasteiger partial charge in [0.15, 0.2) is 23.3 Å². The Morgan fingerprint density at radius 2 is 1.73 bits per heavy atom. The number of aliphatic imine (C=N–C) groups is 1. The average molecular weight is 301 g/mol. The number of benzene rings is 1. The minimum Gasteiger partial charge on any atom is -0.382 e. The molecule has 0 spiro atoms. The summed E-state index contributed by atoms with van der Waals surface area (Å²) in [6, 6.07) is 8.64. The smallest absolute Gasteiger partial charge is 0.302 e. The first-order chi connectivity index (χ1) is 10.4. The van der Waals surface area contributed by atoms with Gasteiger partial charge in [-0.3, -0.25) is 4.79 Å². The van der Waals surface area contributed by atoms with Crippen LogP contribution in [0.4, 0.5) is 11.6 Å². The monoisotopic (exact) mass is 301 g/mol. The average Bonchev–Trinajstić information content (AvgIpc) is 2.46. The highest BCUT2D eigenvalue weighted by molar-refractivity contribution is 6.03. The van der Waals surface area contributed by atoms with Crippen LogP contribution < -0.4 is 22.9 Å². The van der Waals surface area contributed by atoms with Crippen molar-refractivity contribution in [1.29, 1.82) is 0 Å². The molecule has 1 amide bonds. The van der Waals surface area contributed by atoms with Crippen LogP contribution in [0.15, 0.2) is 35.3 Å². The fourth-order valence-corrected chi connectivity index (χ4v) is 1.80. The Bertz CT molecular complexity index is 727. The standard InChI is InChI=1S/C13H15N7O2/c14-10-7(9(21)6-4-2-1-3-5-6)18-8(11(15)19-10)12(22)20-13(16)17/h1-5,9,21H,(H4,14,15,19)(H4,16,17,20,22). The van der Waals surface area contributed by atoms with Gasteiger partial charge in [-0.2, -0.15) is 4.99 Å². The second-order valence-corrected chi connectivity index (χ2v) is 4.38. The van der Waals surface area contributed by atoms with E-state index in [1.54, 1.807) is 30.3 Å². The molecule has 0 bridgehead atoms. The maximum absolute atomic E-state index is 11.8. The normalized spacial score (nSPS) is 11.7. The molecule has 114 valence electrons. The van der Waals surface area contributed by atoms with Gasteiger partial charge in [-0.05, 0) is 5.56 Å². The van der Waals surface area contributed by atoms with Gasteiger partial charge >= 0.3 is 5.91 Å². The van der Waals surface area contributed by atoms with E-state index in [1.165, 1.54) is 0 Å². The van der Waals surface area contributed by atoms with Crippen LogP contribution in [-0.2, 0) is 0 Å². The third-order valence-electron chi connectivity index (χ3n) is 2.79. The van der Waals surface area contributed by atoms with Gasteiger partial charge in [-0.1, -0.05) is 30.3 Å². The van der Waals surface area contributed by atoms with Crippen LogP contribution in [0.3, 0.4) is 0 Å². The molecular formula is C13H15N7O2. The molecule has 0 radical (unpaired) electrons. The zero-order valence-corrected chi connectivity index (χ0v) is 11.5. The van der Waals surface area contributed by atoms with E-state index in [0.717, 1.165) is 0 Å². The maximum atomic E-state index is 11.8. The van der Waals surface area contributed by atoms with E-state index < -0.39 is 18.0 Å². The van der Waals surface area contributed by atoms with Gasteiger partial charge in [0.25, 0.3) is 0 Å². The summed E-state index contributed by atoms with van der Waals surface area (Å²) in [6.07, 6.45) is -1.17. The van der Waals surface area contributed by atoms with Crippen molar-refractivity contribution < 1.29 is 9.90 Å². The fourth-order valence-electron chi connectivity index (χ4n) is 1.80. The van der Waals surface area contributed by atoms with Crippen molar-refractivity contribution in [3.05, 3.63) is 47.3 Å². The summed E-state index contributed by atoms with van der Waals surface area (Å²) in [4.78, 5) is 23.0. The molecule has 9 N–H and O–H groups in total. The molecule has 1 aromatic heterocycles. The highest BCUT2D eigenvalue weighted by Gasteiger charge is 2.21. The van der Waals surface area contributed by atoms with Gasteiger partial charge in [0, 0.05) is 0 Å². The Morgan fingerprint density at radius 1 is 1.09 bits per heavy atom. The van der Waals surface area contributed by atoms with Crippen molar-refractivity contribution in [3.63, 3.8) is 0 Å². The third kappa shape index (κ3) is 3.10. The Labute approximate surface area is 125 Å². The van der Waals surface area contributed by atoms with Crippen molar-refractivity contribution >= 4 is 23.5 Å². The van der Waals surface area contributed by atoms with Gasteiger partial charge < -0.3 is 28.0 Å². The first kappa shape index (κ1) is 15.2. The number of amides is 1. The first-order valence-corrected chi connectivity index (χ1v) is 6.20. The molecule has 1 aromatic carbocycles. The number of nitrogens with two attached hydrogens (primary N) is 4. The number of hydrogen-bond donors (Lipinski definition) is 5. The number of hydrogen-bond acceptors (Lipinski definition) is 6. The quantitative estimate of drug-likeness (QED) is 0.358.